The van der Waals surface area contributed by atoms with Crippen LogP contribution >= 0.6 is 0 Å². The van der Waals surface area contributed by atoms with Crippen molar-refractivity contribution in [3.8, 4) is 0 Å². The summed E-state index contributed by atoms with van der Waals surface area (Å²) in [6.45, 7) is 10.5. The number of hydrogen-bond acceptors (Lipinski definition) is 3. The molecule has 1 unspecified atom stereocenters. The van der Waals surface area contributed by atoms with E-state index in [2.05, 4.69) is 26.6 Å². The summed E-state index contributed by atoms with van der Waals surface area (Å²) >= 11 is 0. The van der Waals surface area contributed by atoms with Gasteiger partial charge in [-0.3, -0.25) is 4.89 Å². The van der Waals surface area contributed by atoms with Gasteiger partial charge < -0.3 is 0 Å². The van der Waals surface area contributed by atoms with Gasteiger partial charge in [-0.15, -0.1) is 6.58 Å². The Bertz CT molecular complexity index is 536. The van der Waals surface area contributed by atoms with E-state index in [1.54, 1.807) is 0 Å². The zero-order chi connectivity index (χ0) is 16.9. The van der Waals surface area contributed by atoms with Gasteiger partial charge in [-0.05, 0) is 30.9 Å². The standard InChI is InChI=1S/C19H27O3Si/c1-5-15-9-7-8-10-18(15)21-22-19(20)16-11-13-17(14-12-16)23(3,4)6-2/h6,11-15H,2,5,7-10H2,1,3-4H3. The molecule has 0 saturated heterocycles. The third-order valence-corrected chi connectivity index (χ3v) is 7.62. The largest absolute Gasteiger partial charge is 0.373 e. The van der Waals surface area contributed by atoms with E-state index < -0.39 is 14.0 Å². The second-order valence-corrected chi connectivity index (χ2v) is 11.2. The molecule has 23 heavy (non-hydrogen) atoms. The third-order valence-electron chi connectivity index (χ3n) is 4.77. The quantitative estimate of drug-likeness (QED) is 0.436. The second-order valence-electron chi connectivity index (χ2n) is 6.77. The van der Waals surface area contributed by atoms with E-state index in [0.717, 1.165) is 31.8 Å². The van der Waals surface area contributed by atoms with Crippen LogP contribution in [0.15, 0.2) is 36.5 Å². The molecule has 1 aliphatic rings. The Morgan fingerprint density at radius 2 is 2.00 bits per heavy atom. The maximum absolute atomic E-state index is 12.1. The number of benzene rings is 1. The topological polar surface area (TPSA) is 35.5 Å². The molecule has 0 bridgehead atoms. The van der Waals surface area contributed by atoms with Gasteiger partial charge in [0.05, 0.1) is 5.56 Å². The number of carbonyl (C=O) groups excluding carboxylic acids is 1. The zero-order valence-electron chi connectivity index (χ0n) is 14.4. The summed E-state index contributed by atoms with van der Waals surface area (Å²) < 4.78 is 0. The highest BCUT2D eigenvalue weighted by atomic mass is 28.3. The number of rotatable bonds is 6. The van der Waals surface area contributed by atoms with Crippen molar-refractivity contribution in [3.05, 3.63) is 48.2 Å². The molecule has 0 aliphatic heterocycles. The lowest BCUT2D eigenvalue weighted by Gasteiger charge is -2.27. The third kappa shape index (κ3) is 4.55. The predicted octanol–water partition coefficient (Wildman–Crippen LogP) is 4.55. The fourth-order valence-electron chi connectivity index (χ4n) is 2.89. The molecule has 1 aromatic rings. The smallest absolute Gasteiger partial charge is 0.292 e. The van der Waals surface area contributed by atoms with E-state index in [9.17, 15) is 4.79 Å². The average molecular weight is 332 g/mol. The summed E-state index contributed by atoms with van der Waals surface area (Å²) in [5.74, 6) is -0.0131. The molecule has 0 heterocycles. The van der Waals surface area contributed by atoms with Gasteiger partial charge in [-0.25, -0.2) is 4.79 Å². The molecule has 1 fully saturated rings. The molecule has 3 nitrogen and oxygen atoms in total. The van der Waals surface area contributed by atoms with Gasteiger partial charge in [-0.1, -0.05) is 62.3 Å². The number of hydrogen-bond donors (Lipinski definition) is 0. The van der Waals surface area contributed by atoms with Crippen LogP contribution in [0.3, 0.4) is 0 Å². The van der Waals surface area contributed by atoms with Gasteiger partial charge in [0.1, 0.15) is 8.07 Å². The summed E-state index contributed by atoms with van der Waals surface area (Å²) in [4.78, 5) is 22.6. The average Bonchev–Trinajstić information content (AvgIpc) is 2.60. The summed E-state index contributed by atoms with van der Waals surface area (Å²) in [6.07, 6.45) is 6.30. The highest BCUT2D eigenvalue weighted by Crippen LogP contribution is 2.34. The highest BCUT2D eigenvalue weighted by molar-refractivity contribution is 6.93. The first kappa shape index (κ1) is 18.0. The summed E-state index contributed by atoms with van der Waals surface area (Å²) in [5, 5.41) is 1.25. The van der Waals surface area contributed by atoms with E-state index in [1.165, 1.54) is 11.6 Å². The molecule has 1 radical (unpaired) electrons. The minimum atomic E-state index is -1.59. The lowest BCUT2D eigenvalue weighted by Crippen LogP contribution is -2.39. The van der Waals surface area contributed by atoms with Crippen LogP contribution < -0.4 is 5.19 Å². The van der Waals surface area contributed by atoms with Gasteiger partial charge in [0.15, 0.2) is 6.10 Å². The molecular weight excluding hydrogens is 304 g/mol. The Balaban J connectivity index is 1.94. The van der Waals surface area contributed by atoms with E-state index in [0.29, 0.717) is 11.5 Å². The molecule has 1 saturated carbocycles. The normalized spacial score (nSPS) is 19.3. The van der Waals surface area contributed by atoms with E-state index in [4.69, 9.17) is 9.78 Å². The highest BCUT2D eigenvalue weighted by Gasteiger charge is 2.28. The van der Waals surface area contributed by atoms with E-state index in [-0.39, 0.29) is 0 Å². The molecule has 1 atom stereocenters. The van der Waals surface area contributed by atoms with Crippen LogP contribution in [0.1, 0.15) is 49.4 Å². The molecule has 0 N–H and O–H groups in total. The van der Waals surface area contributed by atoms with Gasteiger partial charge in [0.2, 0.25) is 0 Å². The van der Waals surface area contributed by atoms with Crippen LogP contribution in [0.25, 0.3) is 0 Å². The maximum Gasteiger partial charge on any atom is 0.373 e. The van der Waals surface area contributed by atoms with Crippen molar-refractivity contribution in [2.24, 2.45) is 5.92 Å². The van der Waals surface area contributed by atoms with Crippen molar-refractivity contribution < 1.29 is 14.6 Å². The Morgan fingerprint density at radius 1 is 1.30 bits per heavy atom. The maximum atomic E-state index is 12.1. The summed E-state index contributed by atoms with van der Waals surface area (Å²) in [5.41, 5.74) is 2.56. The molecule has 125 valence electrons. The molecule has 2 rings (SSSR count). The van der Waals surface area contributed by atoms with Gasteiger partial charge >= 0.3 is 5.97 Å². The molecule has 0 amide bonds. The van der Waals surface area contributed by atoms with Crippen molar-refractivity contribution in [2.45, 2.75) is 52.1 Å². The molecule has 4 heteroatoms. The zero-order valence-corrected chi connectivity index (χ0v) is 15.4. The van der Waals surface area contributed by atoms with Crippen molar-refractivity contribution >= 4 is 19.2 Å². The lowest BCUT2D eigenvalue weighted by molar-refractivity contribution is -0.247. The lowest BCUT2D eigenvalue weighted by atomic mass is 9.85. The summed E-state index contributed by atoms with van der Waals surface area (Å²) in [6, 6.07) is 7.60. The second kappa shape index (κ2) is 7.93. The van der Waals surface area contributed by atoms with Gasteiger partial charge in [0, 0.05) is 0 Å². The molecule has 1 aliphatic carbocycles. The molecule has 0 spiro atoms. The monoisotopic (exact) mass is 331 g/mol. The predicted molar refractivity (Wildman–Crippen MR) is 95.7 cm³/mol. The van der Waals surface area contributed by atoms with Crippen LogP contribution in [-0.4, -0.2) is 14.0 Å². The van der Waals surface area contributed by atoms with Crippen molar-refractivity contribution in [2.75, 3.05) is 0 Å². The first-order chi connectivity index (χ1) is 11.0. The molecule has 1 aromatic carbocycles. The Hall–Kier alpha value is -1.39. The first-order valence-electron chi connectivity index (χ1n) is 8.46. The van der Waals surface area contributed by atoms with E-state index in [1.807, 2.05) is 30.0 Å². The van der Waals surface area contributed by atoms with Crippen LogP contribution in [0.2, 0.25) is 13.1 Å². The SMILES string of the molecule is C=C[Si](C)(C)c1ccc(C(=O)OO[C]2CCCCC2CC)cc1. The summed E-state index contributed by atoms with van der Waals surface area (Å²) in [7, 11) is -1.59. The molecule has 0 aromatic heterocycles. The Kier molecular flexibility index (Phi) is 6.19. The van der Waals surface area contributed by atoms with Crippen molar-refractivity contribution in [1.82, 2.24) is 0 Å². The van der Waals surface area contributed by atoms with Crippen LogP contribution in [0.4, 0.5) is 0 Å². The van der Waals surface area contributed by atoms with Gasteiger partial charge in [-0.2, -0.15) is 4.89 Å². The van der Waals surface area contributed by atoms with Crippen molar-refractivity contribution in [1.29, 1.82) is 0 Å². The first-order valence-corrected chi connectivity index (χ1v) is 11.5. The Labute approximate surface area is 140 Å². The minimum absolute atomic E-state index is 0.415. The van der Waals surface area contributed by atoms with Crippen molar-refractivity contribution in [3.63, 3.8) is 0 Å². The Morgan fingerprint density at radius 3 is 2.61 bits per heavy atom. The fourth-order valence-corrected chi connectivity index (χ4v) is 4.15. The van der Waals surface area contributed by atoms with Crippen LogP contribution in [0.5, 0.6) is 0 Å². The number of carbonyl (C=O) groups is 1. The molecular formula is C19H27O3Si. The minimum Gasteiger partial charge on any atom is -0.292 e. The van der Waals surface area contributed by atoms with Gasteiger partial charge in [0.25, 0.3) is 0 Å². The van der Waals surface area contributed by atoms with E-state index >= 15 is 0 Å². The van der Waals surface area contributed by atoms with Crippen LogP contribution in [-0.2, 0) is 9.78 Å². The van der Waals surface area contributed by atoms with Crippen LogP contribution in [0, 0.1) is 12.0 Å². The fraction of sp³-hybridized carbons (Fsp3) is 0.474.